The summed E-state index contributed by atoms with van der Waals surface area (Å²) in [6, 6.07) is 9.76. The standard InChI is InChI=1S/C27H33NO6/c1-30-22-10-9-18(15-23(22)34-21-7-5-6-8-21)20-14-19(27(29)28-16-20)11-17-12-24(31-2)26(33-4)25(13-17)32-3/h9-13,15,20-21H,5-8,14,16H2,1-4H3,(H,28,29)/b19-11+. The van der Waals surface area contributed by atoms with Crippen molar-refractivity contribution in [3.8, 4) is 28.7 Å². The monoisotopic (exact) mass is 467 g/mol. The van der Waals surface area contributed by atoms with Crippen LogP contribution in [0.2, 0.25) is 0 Å². The van der Waals surface area contributed by atoms with Gasteiger partial charge in [-0.25, -0.2) is 0 Å². The van der Waals surface area contributed by atoms with E-state index in [1.807, 2.05) is 24.3 Å². The van der Waals surface area contributed by atoms with Gasteiger partial charge in [-0.3, -0.25) is 4.79 Å². The molecule has 34 heavy (non-hydrogen) atoms. The zero-order valence-corrected chi connectivity index (χ0v) is 20.3. The predicted molar refractivity (Wildman–Crippen MR) is 130 cm³/mol. The van der Waals surface area contributed by atoms with Crippen molar-refractivity contribution in [3.05, 3.63) is 47.0 Å². The molecule has 7 heteroatoms. The number of rotatable bonds is 8. The van der Waals surface area contributed by atoms with Crippen LogP contribution in [0.4, 0.5) is 0 Å². The second-order valence-corrected chi connectivity index (χ2v) is 8.67. The van der Waals surface area contributed by atoms with Crippen molar-refractivity contribution in [2.75, 3.05) is 35.0 Å². The van der Waals surface area contributed by atoms with Gasteiger partial charge in [-0.1, -0.05) is 6.07 Å². The Morgan fingerprint density at radius 3 is 2.15 bits per heavy atom. The Balaban J connectivity index is 1.60. The molecule has 4 rings (SSSR count). The van der Waals surface area contributed by atoms with Crippen molar-refractivity contribution in [1.29, 1.82) is 0 Å². The number of amides is 1. The van der Waals surface area contributed by atoms with Gasteiger partial charge in [-0.05, 0) is 73.6 Å². The molecule has 1 N–H and O–H groups in total. The van der Waals surface area contributed by atoms with E-state index in [-0.39, 0.29) is 17.9 Å². The van der Waals surface area contributed by atoms with Gasteiger partial charge in [0.05, 0.1) is 34.5 Å². The Labute approximate surface area is 201 Å². The first-order chi connectivity index (χ1) is 16.6. The van der Waals surface area contributed by atoms with Gasteiger partial charge in [0.2, 0.25) is 11.7 Å². The van der Waals surface area contributed by atoms with Crippen molar-refractivity contribution < 1.29 is 28.5 Å². The summed E-state index contributed by atoms with van der Waals surface area (Å²) in [6.45, 7) is 0.570. The Bertz CT molecular complexity index is 1030. The number of ether oxygens (including phenoxy) is 5. The second-order valence-electron chi connectivity index (χ2n) is 8.67. The molecule has 2 aliphatic rings. The topological polar surface area (TPSA) is 75.3 Å². The number of carbonyl (C=O) groups excluding carboxylic acids is 1. The van der Waals surface area contributed by atoms with Gasteiger partial charge in [0.25, 0.3) is 0 Å². The van der Waals surface area contributed by atoms with Crippen molar-refractivity contribution >= 4 is 12.0 Å². The summed E-state index contributed by atoms with van der Waals surface area (Å²) in [5.74, 6) is 3.19. The fraction of sp³-hybridized carbons (Fsp3) is 0.444. The molecule has 1 atom stereocenters. The maximum Gasteiger partial charge on any atom is 0.247 e. The van der Waals surface area contributed by atoms with E-state index in [9.17, 15) is 4.79 Å². The highest BCUT2D eigenvalue weighted by Gasteiger charge is 2.26. The van der Waals surface area contributed by atoms with E-state index < -0.39 is 0 Å². The molecule has 1 saturated heterocycles. The van der Waals surface area contributed by atoms with Gasteiger partial charge < -0.3 is 29.0 Å². The van der Waals surface area contributed by atoms with E-state index in [1.54, 1.807) is 28.4 Å². The van der Waals surface area contributed by atoms with Crippen molar-refractivity contribution in [2.24, 2.45) is 0 Å². The van der Waals surface area contributed by atoms with Crippen LogP contribution < -0.4 is 29.0 Å². The summed E-state index contributed by atoms with van der Waals surface area (Å²) < 4.78 is 28.1. The summed E-state index contributed by atoms with van der Waals surface area (Å²) in [7, 11) is 6.38. The molecule has 0 spiro atoms. The van der Waals surface area contributed by atoms with Crippen LogP contribution in [0.1, 0.15) is 49.1 Å². The van der Waals surface area contributed by atoms with Crippen molar-refractivity contribution in [1.82, 2.24) is 5.32 Å². The van der Waals surface area contributed by atoms with Crippen molar-refractivity contribution in [3.63, 3.8) is 0 Å². The van der Waals surface area contributed by atoms with Crippen LogP contribution >= 0.6 is 0 Å². The largest absolute Gasteiger partial charge is 0.493 e. The SMILES string of the molecule is COc1ccc(C2CNC(=O)/C(=C/c3cc(OC)c(OC)c(OC)c3)C2)cc1OC1CCCC1. The third-order valence-electron chi connectivity index (χ3n) is 6.55. The van der Waals surface area contributed by atoms with Gasteiger partial charge in [-0.15, -0.1) is 0 Å². The normalized spacial score (nSPS) is 19.6. The Morgan fingerprint density at radius 2 is 1.53 bits per heavy atom. The minimum absolute atomic E-state index is 0.0686. The molecule has 1 heterocycles. The second kappa shape index (κ2) is 10.7. The third-order valence-corrected chi connectivity index (χ3v) is 6.55. The molecule has 2 aromatic carbocycles. The molecule has 0 bridgehead atoms. The van der Waals surface area contributed by atoms with Crippen LogP contribution in [0.15, 0.2) is 35.9 Å². The fourth-order valence-electron chi connectivity index (χ4n) is 4.73. The molecule has 1 amide bonds. The lowest BCUT2D eigenvalue weighted by Gasteiger charge is -2.26. The zero-order chi connectivity index (χ0) is 24.1. The summed E-state index contributed by atoms with van der Waals surface area (Å²) >= 11 is 0. The van der Waals surface area contributed by atoms with E-state index in [2.05, 4.69) is 17.4 Å². The van der Waals surface area contributed by atoms with Gasteiger partial charge in [-0.2, -0.15) is 0 Å². The lowest BCUT2D eigenvalue weighted by Crippen LogP contribution is -2.35. The minimum Gasteiger partial charge on any atom is -0.493 e. The van der Waals surface area contributed by atoms with E-state index in [0.29, 0.717) is 35.8 Å². The lowest BCUT2D eigenvalue weighted by molar-refractivity contribution is -0.118. The number of piperidine rings is 1. The average Bonchev–Trinajstić information content (AvgIpc) is 3.37. The van der Waals surface area contributed by atoms with Gasteiger partial charge >= 0.3 is 0 Å². The predicted octanol–water partition coefficient (Wildman–Crippen LogP) is 4.73. The number of benzene rings is 2. The summed E-state index contributed by atoms with van der Waals surface area (Å²) in [6.07, 6.45) is 7.30. The smallest absolute Gasteiger partial charge is 0.247 e. The maximum atomic E-state index is 12.7. The molecule has 1 saturated carbocycles. The van der Waals surface area contributed by atoms with E-state index >= 15 is 0 Å². The average molecular weight is 468 g/mol. The number of methoxy groups -OCH3 is 4. The van der Waals surface area contributed by atoms with Crippen LogP contribution in [0.5, 0.6) is 28.7 Å². The molecule has 2 aromatic rings. The Morgan fingerprint density at radius 1 is 0.853 bits per heavy atom. The first-order valence-electron chi connectivity index (χ1n) is 11.7. The zero-order valence-electron chi connectivity index (χ0n) is 20.3. The van der Waals surface area contributed by atoms with Crippen LogP contribution in [0, 0.1) is 0 Å². The van der Waals surface area contributed by atoms with Crippen LogP contribution in [-0.2, 0) is 4.79 Å². The molecule has 7 nitrogen and oxygen atoms in total. The van der Waals surface area contributed by atoms with E-state index in [0.717, 1.165) is 35.5 Å². The maximum absolute atomic E-state index is 12.7. The number of carbonyl (C=O) groups is 1. The highest BCUT2D eigenvalue weighted by atomic mass is 16.5. The first kappa shape index (κ1) is 23.8. The molecular weight excluding hydrogens is 434 g/mol. The Hall–Kier alpha value is -3.35. The van der Waals surface area contributed by atoms with E-state index in [1.165, 1.54) is 12.8 Å². The number of nitrogens with one attached hydrogen (secondary N) is 1. The highest BCUT2D eigenvalue weighted by Crippen LogP contribution is 2.40. The fourth-order valence-corrected chi connectivity index (χ4v) is 4.73. The highest BCUT2D eigenvalue weighted by molar-refractivity contribution is 5.99. The Kier molecular flexibility index (Phi) is 7.50. The molecule has 1 aliphatic carbocycles. The number of hydrogen-bond acceptors (Lipinski definition) is 6. The van der Waals surface area contributed by atoms with Gasteiger partial charge in [0, 0.05) is 18.0 Å². The molecule has 1 aliphatic heterocycles. The van der Waals surface area contributed by atoms with Gasteiger partial charge in [0.1, 0.15) is 0 Å². The van der Waals surface area contributed by atoms with E-state index in [4.69, 9.17) is 23.7 Å². The summed E-state index contributed by atoms with van der Waals surface area (Å²) in [5, 5.41) is 3.04. The first-order valence-corrected chi connectivity index (χ1v) is 11.7. The molecule has 182 valence electrons. The molecule has 0 radical (unpaired) electrons. The molecule has 0 aromatic heterocycles. The summed E-state index contributed by atoms with van der Waals surface area (Å²) in [5.41, 5.74) is 2.62. The minimum atomic E-state index is -0.0686. The quantitative estimate of drug-likeness (QED) is 0.566. The molecule has 1 unspecified atom stereocenters. The van der Waals surface area contributed by atoms with Crippen LogP contribution in [0.3, 0.4) is 0 Å². The number of hydrogen-bond donors (Lipinski definition) is 1. The van der Waals surface area contributed by atoms with Gasteiger partial charge in [0.15, 0.2) is 23.0 Å². The molecular formula is C27H33NO6. The summed E-state index contributed by atoms with van der Waals surface area (Å²) in [4.78, 5) is 12.7. The van der Waals surface area contributed by atoms with Crippen molar-refractivity contribution in [2.45, 2.75) is 44.1 Å². The van der Waals surface area contributed by atoms with Crippen LogP contribution in [0.25, 0.3) is 6.08 Å². The van der Waals surface area contributed by atoms with Crippen LogP contribution in [-0.4, -0.2) is 47.0 Å². The lowest BCUT2D eigenvalue weighted by atomic mass is 9.87. The molecule has 2 fully saturated rings. The third kappa shape index (κ3) is 5.08.